The van der Waals surface area contributed by atoms with Gasteiger partial charge in [0.25, 0.3) is 0 Å². The first-order chi connectivity index (χ1) is 14.0. The monoisotopic (exact) mass is 393 g/mol. The highest BCUT2D eigenvalue weighted by Crippen LogP contribution is 2.27. The first-order valence-corrected chi connectivity index (χ1v) is 10.7. The molecule has 1 saturated heterocycles. The number of nitrogens with zero attached hydrogens (tertiary/aromatic N) is 4. The summed E-state index contributed by atoms with van der Waals surface area (Å²) in [6.07, 6.45) is 2.21. The van der Waals surface area contributed by atoms with Crippen molar-refractivity contribution in [2.45, 2.75) is 51.6 Å². The maximum Gasteiger partial charge on any atom is 0.242 e. The van der Waals surface area contributed by atoms with E-state index in [1.54, 1.807) is 0 Å². The van der Waals surface area contributed by atoms with E-state index in [1.165, 1.54) is 0 Å². The fraction of sp³-hybridized carbons (Fsp3) is 0.522. The van der Waals surface area contributed by atoms with E-state index in [0.717, 1.165) is 61.9 Å². The number of carbonyl (C=O) groups excluding carboxylic acids is 1. The van der Waals surface area contributed by atoms with Crippen LogP contribution in [-0.4, -0.2) is 53.0 Å². The van der Waals surface area contributed by atoms with Gasteiger partial charge in [-0.1, -0.05) is 44.2 Å². The number of piperazine rings is 1. The third-order valence-corrected chi connectivity index (χ3v) is 5.67. The Morgan fingerprint density at radius 1 is 1.07 bits per heavy atom. The molecule has 2 aromatic rings. The van der Waals surface area contributed by atoms with Gasteiger partial charge in [-0.15, -0.1) is 0 Å². The lowest BCUT2D eigenvalue weighted by atomic mass is 10.0. The lowest BCUT2D eigenvalue weighted by Crippen LogP contribution is -2.51. The predicted molar refractivity (Wildman–Crippen MR) is 115 cm³/mol. The third kappa shape index (κ3) is 4.75. The minimum Gasteiger partial charge on any atom is -0.354 e. The fourth-order valence-electron chi connectivity index (χ4n) is 3.87. The van der Waals surface area contributed by atoms with Crippen LogP contribution in [0, 0.1) is 6.92 Å². The quantitative estimate of drug-likeness (QED) is 0.817. The fourth-order valence-corrected chi connectivity index (χ4v) is 3.87. The number of anilines is 1. The maximum atomic E-state index is 13.0. The molecule has 4 rings (SSSR count). The van der Waals surface area contributed by atoms with Crippen molar-refractivity contribution in [2.75, 3.05) is 31.1 Å². The van der Waals surface area contributed by atoms with Crippen molar-refractivity contribution >= 4 is 11.7 Å². The van der Waals surface area contributed by atoms with Gasteiger partial charge in [0.1, 0.15) is 17.7 Å². The van der Waals surface area contributed by atoms with Crippen LogP contribution in [0.4, 0.5) is 5.82 Å². The zero-order valence-corrected chi connectivity index (χ0v) is 17.6. The molecule has 6 heteroatoms. The van der Waals surface area contributed by atoms with Gasteiger partial charge in [-0.25, -0.2) is 9.97 Å². The molecular formula is C23H31N5O. The number of aromatic nitrogens is 2. The second kappa shape index (κ2) is 8.49. The van der Waals surface area contributed by atoms with Crippen LogP contribution in [0.25, 0.3) is 0 Å². The lowest BCUT2D eigenvalue weighted by molar-refractivity contribution is -0.127. The average Bonchev–Trinajstić information content (AvgIpc) is 3.53. The van der Waals surface area contributed by atoms with E-state index < -0.39 is 0 Å². The molecule has 0 bridgehead atoms. The van der Waals surface area contributed by atoms with Crippen LogP contribution in [-0.2, 0) is 4.79 Å². The number of rotatable bonds is 6. The van der Waals surface area contributed by atoms with Gasteiger partial charge in [0.15, 0.2) is 0 Å². The standard InChI is InChI=1S/C23H31N5O/c1-16(2)22-24-17(3)15-20(26-22)27-11-13-28(14-12-27)21(18-7-5-4-6-8-18)23(29)25-19-9-10-19/h4-8,15-16,19,21H,9-14H2,1-3H3,(H,25,29). The van der Waals surface area contributed by atoms with E-state index in [1.807, 2.05) is 25.1 Å². The van der Waals surface area contributed by atoms with Gasteiger partial charge in [0.2, 0.25) is 5.91 Å². The van der Waals surface area contributed by atoms with Crippen LogP contribution < -0.4 is 10.2 Å². The van der Waals surface area contributed by atoms with Crippen LogP contribution in [0.15, 0.2) is 36.4 Å². The van der Waals surface area contributed by atoms with Gasteiger partial charge in [-0.2, -0.15) is 0 Å². The molecule has 29 heavy (non-hydrogen) atoms. The molecule has 1 N–H and O–H groups in total. The van der Waals surface area contributed by atoms with E-state index in [2.05, 4.69) is 52.1 Å². The molecule has 1 amide bonds. The van der Waals surface area contributed by atoms with E-state index in [-0.39, 0.29) is 11.9 Å². The molecule has 2 aliphatic rings. The Morgan fingerprint density at radius 3 is 2.38 bits per heavy atom. The van der Waals surface area contributed by atoms with Crippen molar-refractivity contribution < 1.29 is 4.79 Å². The summed E-state index contributed by atoms with van der Waals surface area (Å²) in [6.45, 7) is 9.65. The largest absolute Gasteiger partial charge is 0.354 e. The first kappa shape index (κ1) is 19.8. The summed E-state index contributed by atoms with van der Waals surface area (Å²) in [5.41, 5.74) is 2.08. The molecule has 1 aromatic heterocycles. The smallest absolute Gasteiger partial charge is 0.242 e. The van der Waals surface area contributed by atoms with Crippen LogP contribution >= 0.6 is 0 Å². The molecule has 6 nitrogen and oxygen atoms in total. The van der Waals surface area contributed by atoms with Gasteiger partial charge in [0.05, 0.1) is 0 Å². The Morgan fingerprint density at radius 2 is 1.76 bits per heavy atom. The SMILES string of the molecule is Cc1cc(N2CCN(C(C(=O)NC3CC3)c3ccccc3)CC2)nc(C(C)C)n1. The minimum atomic E-state index is -0.225. The van der Waals surface area contributed by atoms with Gasteiger partial charge < -0.3 is 10.2 Å². The number of nitrogens with one attached hydrogen (secondary N) is 1. The van der Waals surface area contributed by atoms with Gasteiger partial charge >= 0.3 is 0 Å². The highest BCUT2D eigenvalue weighted by molar-refractivity contribution is 5.83. The van der Waals surface area contributed by atoms with Crippen molar-refractivity contribution in [3.05, 3.63) is 53.5 Å². The topological polar surface area (TPSA) is 61.4 Å². The zero-order valence-electron chi connectivity index (χ0n) is 17.6. The first-order valence-electron chi connectivity index (χ1n) is 10.7. The maximum absolute atomic E-state index is 13.0. The van der Waals surface area contributed by atoms with Gasteiger partial charge in [-0.3, -0.25) is 9.69 Å². The number of carbonyl (C=O) groups is 1. The third-order valence-electron chi connectivity index (χ3n) is 5.67. The van der Waals surface area contributed by atoms with E-state index in [4.69, 9.17) is 4.98 Å². The Bertz CT molecular complexity index is 842. The molecule has 1 saturated carbocycles. The summed E-state index contributed by atoms with van der Waals surface area (Å²) in [5.74, 6) is 2.34. The molecule has 1 aliphatic carbocycles. The summed E-state index contributed by atoms with van der Waals surface area (Å²) in [5, 5.41) is 3.21. The Labute approximate surface area is 173 Å². The molecule has 1 aliphatic heterocycles. The Hall–Kier alpha value is -2.47. The highest BCUT2D eigenvalue weighted by atomic mass is 16.2. The number of hydrogen-bond donors (Lipinski definition) is 1. The normalized spacial score (nSPS) is 18.7. The van der Waals surface area contributed by atoms with Crippen LogP contribution in [0.1, 0.15) is 55.7 Å². The summed E-state index contributed by atoms with van der Waals surface area (Å²) in [7, 11) is 0. The highest BCUT2D eigenvalue weighted by Gasteiger charge is 2.34. The molecule has 1 atom stereocenters. The van der Waals surface area contributed by atoms with Crippen molar-refractivity contribution in [2.24, 2.45) is 0 Å². The van der Waals surface area contributed by atoms with Gasteiger partial charge in [-0.05, 0) is 25.3 Å². The summed E-state index contributed by atoms with van der Waals surface area (Å²) < 4.78 is 0. The Kier molecular flexibility index (Phi) is 5.81. The van der Waals surface area contributed by atoms with Crippen molar-refractivity contribution in [1.29, 1.82) is 0 Å². The second-order valence-electron chi connectivity index (χ2n) is 8.50. The van der Waals surface area contributed by atoms with Crippen LogP contribution in [0.5, 0.6) is 0 Å². The van der Waals surface area contributed by atoms with Crippen LogP contribution in [0.2, 0.25) is 0 Å². The van der Waals surface area contributed by atoms with Gasteiger partial charge in [0, 0.05) is 49.9 Å². The molecule has 2 fully saturated rings. The molecule has 1 unspecified atom stereocenters. The minimum absolute atomic E-state index is 0.132. The van der Waals surface area contributed by atoms with E-state index >= 15 is 0 Å². The second-order valence-corrected chi connectivity index (χ2v) is 8.50. The number of aryl methyl sites for hydroxylation is 1. The molecule has 0 spiro atoms. The Balaban J connectivity index is 1.48. The zero-order chi connectivity index (χ0) is 20.4. The molecule has 2 heterocycles. The molecular weight excluding hydrogens is 362 g/mol. The lowest BCUT2D eigenvalue weighted by Gasteiger charge is -2.39. The molecule has 154 valence electrons. The van der Waals surface area contributed by atoms with E-state index in [9.17, 15) is 4.79 Å². The number of amides is 1. The number of hydrogen-bond acceptors (Lipinski definition) is 5. The van der Waals surface area contributed by atoms with Crippen molar-refractivity contribution in [3.8, 4) is 0 Å². The number of benzene rings is 1. The predicted octanol–water partition coefficient (Wildman–Crippen LogP) is 3.05. The molecule has 0 radical (unpaired) electrons. The average molecular weight is 394 g/mol. The summed E-state index contributed by atoms with van der Waals surface area (Å²) in [4.78, 5) is 27.0. The van der Waals surface area contributed by atoms with E-state index in [0.29, 0.717) is 12.0 Å². The van der Waals surface area contributed by atoms with Crippen LogP contribution in [0.3, 0.4) is 0 Å². The summed E-state index contributed by atoms with van der Waals surface area (Å²) in [6, 6.07) is 12.4. The molecule has 1 aromatic carbocycles. The van der Waals surface area contributed by atoms with Crippen molar-refractivity contribution in [3.63, 3.8) is 0 Å². The summed E-state index contributed by atoms with van der Waals surface area (Å²) >= 11 is 0. The van der Waals surface area contributed by atoms with Crippen molar-refractivity contribution in [1.82, 2.24) is 20.2 Å².